The summed E-state index contributed by atoms with van der Waals surface area (Å²) in [6.45, 7) is 0.166. The Morgan fingerprint density at radius 2 is 1.85 bits per heavy atom. The van der Waals surface area contributed by atoms with E-state index in [1.54, 1.807) is 11.3 Å². The Bertz CT molecular complexity index is 1010. The molecule has 0 atom stereocenters. The summed E-state index contributed by atoms with van der Waals surface area (Å²) in [6, 6.07) is 0. The Kier molecular flexibility index (Phi) is 1.97. The van der Waals surface area contributed by atoms with Crippen molar-refractivity contribution < 1.29 is 9.53 Å². The minimum Gasteiger partial charge on any atom is -0.457 e. The first kappa shape index (κ1) is 13.5. The van der Waals surface area contributed by atoms with Gasteiger partial charge in [-0.25, -0.2) is 9.97 Å². The number of anilines is 1. The van der Waals surface area contributed by atoms with E-state index in [1.165, 1.54) is 23.3 Å². The van der Waals surface area contributed by atoms with Gasteiger partial charge in [0.15, 0.2) is 12.4 Å². The third kappa shape index (κ3) is 1.05. The summed E-state index contributed by atoms with van der Waals surface area (Å²) < 4.78 is 5.73. The van der Waals surface area contributed by atoms with E-state index in [4.69, 9.17) is 10.5 Å². The molecule has 0 amide bonds. The van der Waals surface area contributed by atoms with E-state index < -0.39 is 0 Å². The zero-order chi connectivity index (χ0) is 16.9. The highest BCUT2D eigenvalue weighted by atomic mass is 32.1. The van der Waals surface area contributed by atoms with Crippen molar-refractivity contribution in [2.45, 2.75) is 32.3 Å². The quantitative estimate of drug-likeness (QED) is 0.846. The molecule has 0 aromatic carbocycles. The van der Waals surface area contributed by atoms with Crippen molar-refractivity contribution in [2.24, 2.45) is 46.8 Å². The molecule has 0 unspecified atom stereocenters. The number of nitrogen functional groups attached to an aromatic ring is 1. The Morgan fingerprint density at radius 3 is 2.62 bits per heavy atom. The van der Waals surface area contributed by atoms with Gasteiger partial charge in [0.2, 0.25) is 0 Å². The molecule has 2 N–H and O–H groups in total. The smallest absolute Gasteiger partial charge is 0.313 e. The summed E-state index contributed by atoms with van der Waals surface area (Å²) in [5.41, 5.74) is 7.55. The molecule has 7 aliphatic rings. The Labute approximate surface area is 154 Å². The minimum absolute atomic E-state index is 0.0344. The molecular formula is C20H19N3O2S. The molecule has 2 aromatic heterocycles. The van der Waals surface area contributed by atoms with Crippen molar-refractivity contribution in [3.05, 3.63) is 16.3 Å². The van der Waals surface area contributed by atoms with Gasteiger partial charge in [-0.3, -0.25) is 4.79 Å². The van der Waals surface area contributed by atoms with Gasteiger partial charge in [-0.1, -0.05) is 0 Å². The fraction of sp³-hybridized carbons (Fsp3) is 0.650. The first-order valence-corrected chi connectivity index (χ1v) is 10.8. The van der Waals surface area contributed by atoms with Gasteiger partial charge in [-0.2, -0.15) is 0 Å². The van der Waals surface area contributed by atoms with Crippen LogP contribution in [0, 0.1) is 46.8 Å². The van der Waals surface area contributed by atoms with Crippen LogP contribution in [0.5, 0.6) is 0 Å². The average molecular weight is 365 g/mol. The number of carbonyl (C=O) groups excluding carboxylic acids is 1. The summed E-state index contributed by atoms with van der Waals surface area (Å²) >= 11 is 1.74. The van der Waals surface area contributed by atoms with Gasteiger partial charge in [0.25, 0.3) is 0 Å². The largest absolute Gasteiger partial charge is 0.457 e. The number of aryl methyl sites for hydroxylation is 2. The van der Waals surface area contributed by atoms with Crippen LogP contribution in [0.25, 0.3) is 10.2 Å². The fourth-order valence-electron chi connectivity index (χ4n) is 8.39. The molecule has 6 heteroatoms. The summed E-state index contributed by atoms with van der Waals surface area (Å²) in [7, 11) is 0. The van der Waals surface area contributed by atoms with Gasteiger partial charge in [-0.05, 0) is 72.7 Å². The van der Waals surface area contributed by atoms with E-state index in [1.807, 2.05) is 0 Å². The molecular weight excluding hydrogens is 346 g/mol. The number of hydrogen-bond donors (Lipinski definition) is 1. The zero-order valence-electron chi connectivity index (χ0n) is 14.3. The first-order valence-electron chi connectivity index (χ1n) is 9.96. The third-order valence-electron chi connectivity index (χ3n) is 9.05. The van der Waals surface area contributed by atoms with Crippen LogP contribution >= 0.6 is 11.3 Å². The van der Waals surface area contributed by atoms with Crippen LogP contribution in [-0.4, -0.2) is 15.9 Å². The molecule has 7 aliphatic carbocycles. The van der Waals surface area contributed by atoms with Crippen molar-refractivity contribution in [3.63, 3.8) is 0 Å². The van der Waals surface area contributed by atoms with Crippen molar-refractivity contribution in [1.82, 2.24) is 9.97 Å². The number of nitrogens with two attached hydrogens (primary N) is 1. The first-order chi connectivity index (χ1) is 12.7. The Morgan fingerprint density at radius 1 is 1.12 bits per heavy atom. The van der Waals surface area contributed by atoms with Gasteiger partial charge >= 0.3 is 5.97 Å². The average Bonchev–Trinajstić information content (AvgIpc) is 3.05. The predicted octanol–water partition coefficient (Wildman–Crippen LogP) is 2.56. The maximum absolute atomic E-state index is 12.8. The molecule has 0 spiro atoms. The SMILES string of the molecule is Nc1nc(COC(=O)C23C4C5C6C4C2C6C53)nc2sc3c(c12)CCCC3. The van der Waals surface area contributed by atoms with Crippen LogP contribution in [0.4, 0.5) is 5.82 Å². The zero-order valence-corrected chi connectivity index (χ0v) is 15.1. The van der Waals surface area contributed by atoms with Gasteiger partial charge in [0, 0.05) is 4.88 Å². The van der Waals surface area contributed by atoms with E-state index in [0.717, 1.165) is 46.7 Å². The second kappa shape index (κ2) is 3.79. The highest BCUT2D eigenvalue weighted by Crippen LogP contribution is 3.06. The second-order valence-corrected chi connectivity index (χ2v) is 10.4. The van der Waals surface area contributed by atoms with Crippen LogP contribution in [0.1, 0.15) is 29.1 Å². The van der Waals surface area contributed by atoms with Gasteiger partial charge < -0.3 is 10.5 Å². The van der Waals surface area contributed by atoms with Crippen molar-refractivity contribution in [1.29, 1.82) is 0 Å². The summed E-state index contributed by atoms with van der Waals surface area (Å²) in [4.78, 5) is 24.3. The summed E-state index contributed by atoms with van der Waals surface area (Å²) in [6.07, 6.45) is 4.66. The van der Waals surface area contributed by atoms with E-state index in [0.29, 0.717) is 29.4 Å². The molecule has 2 heterocycles. The molecule has 6 fully saturated rings. The highest BCUT2D eigenvalue weighted by Gasteiger charge is 3.06. The number of hydrogen-bond acceptors (Lipinski definition) is 6. The standard InChI is InChI=1S/C20H19N3O2S/c21-17-9-6-3-1-2-4-7(6)26-18(9)23-8(22-17)5-25-19(24)20-14-11-10-12(14)16(20)13(10)15(11)20/h10-16H,1-5H2,(H2,21,22,23). The maximum Gasteiger partial charge on any atom is 0.313 e. The van der Waals surface area contributed by atoms with Crippen molar-refractivity contribution in [2.75, 3.05) is 5.73 Å². The molecule has 0 radical (unpaired) electrons. The number of rotatable bonds is 3. The van der Waals surface area contributed by atoms with E-state index >= 15 is 0 Å². The molecule has 2 aromatic rings. The Hall–Kier alpha value is -1.69. The summed E-state index contributed by atoms with van der Waals surface area (Å²) in [5.74, 6) is 6.87. The van der Waals surface area contributed by atoms with Crippen LogP contribution in [0.2, 0.25) is 0 Å². The van der Waals surface area contributed by atoms with Crippen molar-refractivity contribution in [3.8, 4) is 0 Å². The highest BCUT2D eigenvalue weighted by molar-refractivity contribution is 7.19. The van der Waals surface area contributed by atoms with Crippen molar-refractivity contribution >= 4 is 33.3 Å². The van der Waals surface area contributed by atoms with Gasteiger partial charge in [0.1, 0.15) is 10.6 Å². The number of aromatic nitrogens is 2. The number of thiophene rings is 1. The molecule has 5 nitrogen and oxygen atoms in total. The van der Waals surface area contributed by atoms with Crippen LogP contribution in [-0.2, 0) is 29.0 Å². The fourth-order valence-corrected chi connectivity index (χ4v) is 9.68. The number of ether oxygens (including phenoxy) is 1. The Balaban J connectivity index is 1.08. The van der Waals surface area contributed by atoms with Gasteiger partial charge in [-0.15, -0.1) is 11.3 Å². The lowest BCUT2D eigenvalue weighted by Crippen LogP contribution is -3.06. The number of fused-ring (bicyclic) bond motifs is 3. The topological polar surface area (TPSA) is 78.1 Å². The van der Waals surface area contributed by atoms with E-state index in [-0.39, 0.29) is 18.0 Å². The number of esters is 1. The molecule has 0 saturated heterocycles. The third-order valence-corrected chi connectivity index (χ3v) is 10.2. The molecule has 9 rings (SSSR count). The number of nitrogens with zero attached hydrogens (tertiary/aromatic N) is 2. The van der Waals surface area contributed by atoms with Crippen LogP contribution in [0.15, 0.2) is 0 Å². The molecule has 0 bridgehead atoms. The monoisotopic (exact) mass is 365 g/mol. The second-order valence-electron chi connectivity index (χ2n) is 9.31. The van der Waals surface area contributed by atoms with Crippen LogP contribution in [0.3, 0.4) is 0 Å². The normalized spacial score (nSPS) is 46.8. The molecule has 0 aliphatic heterocycles. The number of carbonyl (C=O) groups is 1. The lowest BCUT2D eigenvalue weighted by atomic mass is 8.96. The molecule has 132 valence electrons. The maximum atomic E-state index is 12.8. The minimum atomic E-state index is -0.0631. The summed E-state index contributed by atoms with van der Waals surface area (Å²) in [5, 5.41) is 1.04. The van der Waals surface area contributed by atoms with E-state index in [2.05, 4.69) is 9.97 Å². The lowest BCUT2D eigenvalue weighted by Gasteiger charge is -3.06. The van der Waals surface area contributed by atoms with Gasteiger partial charge in [0.05, 0.1) is 10.8 Å². The molecule has 6 saturated carbocycles. The predicted molar refractivity (Wildman–Crippen MR) is 95.1 cm³/mol. The van der Waals surface area contributed by atoms with E-state index in [9.17, 15) is 4.79 Å². The van der Waals surface area contributed by atoms with Crippen LogP contribution < -0.4 is 5.73 Å². The lowest BCUT2D eigenvalue weighted by molar-refractivity contribution is -0.599. The molecule has 26 heavy (non-hydrogen) atoms.